The van der Waals surface area contributed by atoms with Crippen molar-refractivity contribution in [3.63, 3.8) is 0 Å². The van der Waals surface area contributed by atoms with Crippen molar-refractivity contribution in [1.29, 1.82) is 0 Å². The zero-order valence-corrected chi connectivity index (χ0v) is 9.51. The van der Waals surface area contributed by atoms with Gasteiger partial charge in [0.1, 0.15) is 7.28 Å². The van der Waals surface area contributed by atoms with Crippen molar-refractivity contribution < 1.29 is 0 Å². The average molecular weight is 177 g/mol. The second kappa shape index (κ2) is 3.03. The predicted molar refractivity (Wildman–Crippen MR) is 59.1 cm³/mol. The molecule has 0 amide bonds. The van der Waals surface area contributed by atoms with Gasteiger partial charge in [0.25, 0.3) is 0 Å². The average Bonchev–Trinajstić information content (AvgIpc) is 2.08. The van der Waals surface area contributed by atoms with Crippen molar-refractivity contribution in [2.75, 3.05) is 0 Å². The summed E-state index contributed by atoms with van der Waals surface area (Å²) < 4.78 is 0. The topological polar surface area (TPSA) is 0 Å². The van der Waals surface area contributed by atoms with Gasteiger partial charge < -0.3 is 0 Å². The summed E-state index contributed by atoms with van der Waals surface area (Å²) in [6, 6.07) is 0. The molecule has 4 unspecified atom stereocenters. The van der Waals surface area contributed by atoms with Crippen LogP contribution in [0.25, 0.3) is 0 Å². The number of hydrogen-bond donors (Lipinski definition) is 0. The third-order valence-electron chi connectivity index (χ3n) is 5.05. The Kier molecular flexibility index (Phi) is 2.24. The molecule has 73 valence electrons. The van der Waals surface area contributed by atoms with E-state index in [-0.39, 0.29) is 0 Å². The van der Waals surface area contributed by atoms with Crippen molar-refractivity contribution in [3.05, 3.63) is 0 Å². The molecular weight excluding hydrogens is 155 g/mol. The lowest BCUT2D eigenvalue weighted by atomic mass is 9.42. The van der Waals surface area contributed by atoms with Gasteiger partial charge in [-0.25, -0.2) is 0 Å². The molecule has 0 aromatic heterocycles. The van der Waals surface area contributed by atoms with Gasteiger partial charge in [0.15, 0.2) is 0 Å². The lowest BCUT2D eigenvalue weighted by Gasteiger charge is -2.62. The van der Waals surface area contributed by atoms with E-state index in [0.29, 0.717) is 5.41 Å². The lowest BCUT2D eigenvalue weighted by molar-refractivity contribution is -0.124. The molecule has 0 N–H and O–H groups in total. The summed E-state index contributed by atoms with van der Waals surface area (Å²) >= 11 is 0. The van der Waals surface area contributed by atoms with E-state index in [1.165, 1.54) is 19.2 Å². The van der Waals surface area contributed by atoms with Crippen molar-refractivity contribution >= 4 is 7.28 Å². The summed E-state index contributed by atoms with van der Waals surface area (Å²) in [5.74, 6) is 4.04. The van der Waals surface area contributed by atoms with Crippen LogP contribution in [0.1, 0.15) is 33.6 Å². The maximum absolute atomic E-state index is 2.48. The Morgan fingerprint density at radius 2 is 2.00 bits per heavy atom. The smallest absolute Gasteiger partial charge is 0.0920 e. The lowest BCUT2D eigenvalue weighted by Crippen LogP contribution is -2.54. The molecule has 3 aliphatic carbocycles. The van der Waals surface area contributed by atoms with Gasteiger partial charge in [0.05, 0.1) is 0 Å². The summed E-state index contributed by atoms with van der Waals surface area (Å²) in [5.41, 5.74) is 0.670. The Morgan fingerprint density at radius 1 is 1.31 bits per heavy atom. The summed E-state index contributed by atoms with van der Waals surface area (Å²) in [6.07, 6.45) is 4.37. The van der Waals surface area contributed by atoms with Gasteiger partial charge in [-0.15, -0.1) is 0 Å². The summed E-state index contributed by atoms with van der Waals surface area (Å²) in [6.45, 7) is 9.65. The standard InChI is InChI=1S/C12H22B/c1-8-9(7-13-4)5-10-6-11(8)12(10,2)3/h8-11H,5-7H2,1-4H3. The zero-order valence-electron chi connectivity index (χ0n) is 9.51. The quantitative estimate of drug-likeness (QED) is 0.566. The second-order valence-corrected chi connectivity index (χ2v) is 5.86. The van der Waals surface area contributed by atoms with E-state index < -0.39 is 0 Å². The SMILES string of the molecule is C[B]CC1CC2CC(C1C)C2(C)C. The fourth-order valence-corrected chi connectivity index (χ4v) is 3.87. The van der Waals surface area contributed by atoms with Crippen LogP contribution in [0.15, 0.2) is 0 Å². The van der Waals surface area contributed by atoms with Crippen LogP contribution in [0.2, 0.25) is 13.1 Å². The fourth-order valence-electron chi connectivity index (χ4n) is 3.87. The van der Waals surface area contributed by atoms with Gasteiger partial charge >= 0.3 is 0 Å². The third kappa shape index (κ3) is 1.27. The van der Waals surface area contributed by atoms with E-state index in [1.54, 1.807) is 0 Å². The Hall–Kier alpha value is 0.0649. The van der Waals surface area contributed by atoms with Crippen LogP contribution in [0.5, 0.6) is 0 Å². The Balaban J connectivity index is 2.03. The molecule has 0 aromatic rings. The first-order chi connectivity index (χ1) is 6.07. The van der Waals surface area contributed by atoms with Gasteiger partial charge in [0.2, 0.25) is 0 Å². The highest BCUT2D eigenvalue weighted by Gasteiger charge is 2.55. The highest BCUT2D eigenvalue weighted by molar-refractivity contribution is 6.33. The zero-order chi connectivity index (χ0) is 9.64. The van der Waals surface area contributed by atoms with Crippen LogP contribution < -0.4 is 0 Å². The molecule has 0 nitrogen and oxygen atoms in total. The molecule has 1 radical (unpaired) electrons. The minimum absolute atomic E-state index is 0.670. The molecular formula is C12H22B. The molecule has 0 aromatic carbocycles. The second-order valence-electron chi connectivity index (χ2n) is 5.86. The van der Waals surface area contributed by atoms with Crippen LogP contribution in [-0.4, -0.2) is 7.28 Å². The van der Waals surface area contributed by atoms with Crippen LogP contribution in [0.3, 0.4) is 0 Å². The maximum atomic E-state index is 2.48. The summed E-state index contributed by atoms with van der Waals surface area (Å²) in [7, 11) is 2.36. The van der Waals surface area contributed by atoms with E-state index in [0.717, 1.165) is 23.7 Å². The number of rotatable bonds is 2. The monoisotopic (exact) mass is 177 g/mol. The fraction of sp³-hybridized carbons (Fsp3) is 1.00. The van der Waals surface area contributed by atoms with Gasteiger partial charge in [-0.05, 0) is 41.9 Å². The molecule has 3 rings (SSSR count). The highest BCUT2D eigenvalue weighted by Crippen LogP contribution is 2.63. The van der Waals surface area contributed by atoms with Crippen LogP contribution in [-0.2, 0) is 0 Å². The molecule has 4 atom stereocenters. The van der Waals surface area contributed by atoms with Crippen molar-refractivity contribution in [1.82, 2.24) is 0 Å². The molecule has 0 saturated heterocycles. The van der Waals surface area contributed by atoms with Gasteiger partial charge in [0, 0.05) is 0 Å². The molecule has 2 bridgehead atoms. The molecule has 0 spiro atoms. The van der Waals surface area contributed by atoms with E-state index in [9.17, 15) is 0 Å². The molecule has 1 heteroatoms. The van der Waals surface area contributed by atoms with Crippen LogP contribution in [0, 0.1) is 29.1 Å². The van der Waals surface area contributed by atoms with Crippen molar-refractivity contribution in [3.8, 4) is 0 Å². The Morgan fingerprint density at radius 3 is 2.46 bits per heavy atom. The third-order valence-corrected chi connectivity index (χ3v) is 5.05. The molecule has 0 heterocycles. The van der Waals surface area contributed by atoms with Crippen molar-refractivity contribution in [2.45, 2.75) is 46.8 Å². The van der Waals surface area contributed by atoms with Gasteiger partial charge in [-0.2, -0.15) is 0 Å². The summed E-state index contributed by atoms with van der Waals surface area (Å²) in [5, 5.41) is 0. The predicted octanol–water partition coefficient (Wildman–Crippen LogP) is 3.48. The number of hydrogen-bond acceptors (Lipinski definition) is 0. The minimum Gasteiger partial charge on any atom is -0.0920 e. The molecule has 3 fully saturated rings. The minimum atomic E-state index is 0.670. The van der Waals surface area contributed by atoms with Gasteiger partial charge in [-0.1, -0.05) is 33.9 Å². The largest absolute Gasteiger partial charge is 0.106 e. The first-order valence-electron chi connectivity index (χ1n) is 5.85. The van der Waals surface area contributed by atoms with Gasteiger partial charge in [-0.3, -0.25) is 0 Å². The molecule has 13 heavy (non-hydrogen) atoms. The number of fused-ring (bicyclic) bond motifs is 2. The van der Waals surface area contributed by atoms with E-state index >= 15 is 0 Å². The summed E-state index contributed by atoms with van der Waals surface area (Å²) in [4.78, 5) is 0. The first-order valence-corrected chi connectivity index (χ1v) is 5.85. The molecule has 3 saturated carbocycles. The first kappa shape index (κ1) is 9.61. The Labute approximate surface area is 83.7 Å². The van der Waals surface area contributed by atoms with E-state index in [4.69, 9.17) is 0 Å². The Bertz CT molecular complexity index is 197. The van der Waals surface area contributed by atoms with Crippen LogP contribution in [0.4, 0.5) is 0 Å². The molecule has 3 aliphatic rings. The van der Waals surface area contributed by atoms with Crippen LogP contribution >= 0.6 is 0 Å². The normalized spacial score (nSPS) is 46.8. The maximum Gasteiger partial charge on any atom is 0.106 e. The van der Waals surface area contributed by atoms with E-state index in [1.807, 2.05) is 0 Å². The van der Waals surface area contributed by atoms with Crippen molar-refractivity contribution in [2.24, 2.45) is 29.1 Å². The van der Waals surface area contributed by atoms with E-state index in [2.05, 4.69) is 34.9 Å². The highest BCUT2D eigenvalue weighted by atomic mass is 14.6. The molecule has 0 aliphatic heterocycles.